The van der Waals surface area contributed by atoms with Gasteiger partial charge in [0.25, 0.3) is 5.91 Å². The normalized spacial score (nSPS) is 10.9. The third-order valence-electron chi connectivity index (χ3n) is 3.95. The van der Waals surface area contributed by atoms with E-state index in [-0.39, 0.29) is 22.6 Å². The van der Waals surface area contributed by atoms with Crippen molar-refractivity contribution >= 4 is 11.6 Å². The van der Waals surface area contributed by atoms with Gasteiger partial charge < -0.3 is 15.2 Å². The second kappa shape index (κ2) is 8.13. The summed E-state index contributed by atoms with van der Waals surface area (Å²) >= 11 is 0. The van der Waals surface area contributed by atoms with Crippen LogP contribution in [0.4, 0.5) is 18.9 Å². The number of carbonyl (C=O) groups is 1. The zero-order valence-corrected chi connectivity index (χ0v) is 14.7. The summed E-state index contributed by atoms with van der Waals surface area (Å²) in [6.07, 6.45) is 1.48. The van der Waals surface area contributed by atoms with Crippen LogP contribution in [0.25, 0.3) is 5.69 Å². The lowest BCUT2D eigenvalue weighted by atomic mass is 10.1. The molecule has 3 rings (SSSR count). The second-order valence-corrected chi connectivity index (χ2v) is 5.86. The molecule has 0 aliphatic rings. The molecule has 0 spiro atoms. The molecule has 0 atom stereocenters. The quantitative estimate of drug-likeness (QED) is 0.672. The summed E-state index contributed by atoms with van der Waals surface area (Å²) < 4.78 is 43.9. The molecule has 0 saturated carbocycles. The van der Waals surface area contributed by atoms with Gasteiger partial charge in [-0.3, -0.25) is 4.79 Å². The molecule has 0 bridgehead atoms. The monoisotopic (exact) mass is 391 g/mol. The van der Waals surface area contributed by atoms with Gasteiger partial charge in [0, 0.05) is 23.5 Å². The Hall–Kier alpha value is -3.33. The SMILES string of the molecule is Cc1nn(-c2ccc(F)cc2)cc1C(=O)Nc1ccc(CO)c(OC(F)F)c1. The Morgan fingerprint density at radius 2 is 1.96 bits per heavy atom. The van der Waals surface area contributed by atoms with Gasteiger partial charge in [-0.2, -0.15) is 13.9 Å². The van der Waals surface area contributed by atoms with E-state index in [0.29, 0.717) is 11.4 Å². The summed E-state index contributed by atoms with van der Waals surface area (Å²) in [6.45, 7) is -1.91. The number of benzene rings is 2. The fourth-order valence-electron chi connectivity index (χ4n) is 2.58. The van der Waals surface area contributed by atoms with Crippen molar-refractivity contribution < 1.29 is 27.8 Å². The Morgan fingerprint density at radius 3 is 2.61 bits per heavy atom. The van der Waals surface area contributed by atoms with Crippen LogP contribution in [-0.2, 0) is 6.61 Å². The highest BCUT2D eigenvalue weighted by Gasteiger charge is 2.16. The van der Waals surface area contributed by atoms with E-state index in [1.165, 1.54) is 53.3 Å². The van der Waals surface area contributed by atoms with Crippen molar-refractivity contribution in [1.29, 1.82) is 0 Å². The average Bonchev–Trinajstić information content (AvgIpc) is 3.04. The number of aliphatic hydroxyl groups excluding tert-OH is 1. The number of nitrogens with one attached hydrogen (secondary N) is 1. The van der Waals surface area contributed by atoms with Crippen LogP contribution in [0.2, 0.25) is 0 Å². The lowest BCUT2D eigenvalue weighted by molar-refractivity contribution is -0.0508. The largest absolute Gasteiger partial charge is 0.434 e. The molecular formula is C19H16F3N3O3. The summed E-state index contributed by atoms with van der Waals surface area (Å²) in [6, 6.07) is 9.63. The topological polar surface area (TPSA) is 76.4 Å². The first-order valence-corrected chi connectivity index (χ1v) is 8.19. The number of nitrogens with zero attached hydrogens (tertiary/aromatic N) is 2. The average molecular weight is 391 g/mol. The molecule has 28 heavy (non-hydrogen) atoms. The van der Waals surface area contributed by atoms with Crippen molar-refractivity contribution in [2.24, 2.45) is 0 Å². The predicted octanol–water partition coefficient (Wildman–Crippen LogP) is 3.67. The number of hydrogen-bond acceptors (Lipinski definition) is 4. The Bertz CT molecular complexity index is 988. The van der Waals surface area contributed by atoms with E-state index in [2.05, 4.69) is 15.2 Å². The predicted molar refractivity (Wildman–Crippen MR) is 95.2 cm³/mol. The van der Waals surface area contributed by atoms with Crippen molar-refractivity contribution in [1.82, 2.24) is 9.78 Å². The summed E-state index contributed by atoms with van der Waals surface area (Å²) in [5.41, 5.74) is 1.64. The fraction of sp³-hybridized carbons (Fsp3) is 0.158. The molecule has 1 aromatic heterocycles. The van der Waals surface area contributed by atoms with Crippen molar-refractivity contribution in [2.45, 2.75) is 20.1 Å². The molecule has 0 radical (unpaired) electrons. The van der Waals surface area contributed by atoms with Gasteiger partial charge in [-0.15, -0.1) is 0 Å². The van der Waals surface area contributed by atoms with Crippen molar-refractivity contribution in [3.63, 3.8) is 0 Å². The van der Waals surface area contributed by atoms with Gasteiger partial charge in [0.2, 0.25) is 0 Å². The smallest absolute Gasteiger partial charge is 0.387 e. The molecule has 1 amide bonds. The third-order valence-corrected chi connectivity index (χ3v) is 3.95. The van der Waals surface area contributed by atoms with E-state index in [4.69, 9.17) is 0 Å². The first-order chi connectivity index (χ1) is 13.4. The maximum atomic E-state index is 13.1. The highest BCUT2D eigenvalue weighted by Crippen LogP contribution is 2.26. The molecule has 146 valence electrons. The molecule has 2 aromatic carbocycles. The molecule has 9 heteroatoms. The number of ether oxygens (including phenoxy) is 1. The van der Waals surface area contributed by atoms with Crippen LogP contribution < -0.4 is 10.1 Å². The number of hydrogen-bond donors (Lipinski definition) is 2. The van der Waals surface area contributed by atoms with E-state index < -0.39 is 24.9 Å². The van der Waals surface area contributed by atoms with E-state index >= 15 is 0 Å². The standard InChI is InChI=1S/C19H16F3N3O3/c1-11-16(9-25(24-11)15-6-3-13(20)4-7-15)18(27)23-14-5-2-12(10-26)17(8-14)28-19(21)22/h2-9,19,26H,10H2,1H3,(H,23,27). The maximum absolute atomic E-state index is 13.1. The molecule has 0 saturated heterocycles. The highest BCUT2D eigenvalue weighted by molar-refractivity contribution is 6.05. The number of amides is 1. The van der Waals surface area contributed by atoms with Gasteiger partial charge in [-0.05, 0) is 37.3 Å². The van der Waals surface area contributed by atoms with Gasteiger partial charge in [0.15, 0.2) is 0 Å². The van der Waals surface area contributed by atoms with Gasteiger partial charge in [0.05, 0.1) is 23.6 Å². The van der Waals surface area contributed by atoms with Crippen molar-refractivity contribution in [3.05, 3.63) is 71.3 Å². The molecule has 1 heterocycles. The van der Waals surface area contributed by atoms with Crippen LogP contribution in [-0.4, -0.2) is 27.4 Å². The number of anilines is 1. The van der Waals surface area contributed by atoms with Crippen LogP contribution in [0.1, 0.15) is 21.6 Å². The first-order valence-electron chi connectivity index (χ1n) is 8.19. The van der Waals surface area contributed by atoms with Crippen LogP contribution in [0, 0.1) is 12.7 Å². The second-order valence-electron chi connectivity index (χ2n) is 5.86. The number of halogens is 3. The minimum absolute atomic E-state index is 0.165. The Kier molecular flexibility index (Phi) is 5.65. The lowest BCUT2D eigenvalue weighted by Crippen LogP contribution is -2.13. The number of alkyl halides is 2. The number of rotatable bonds is 6. The molecule has 0 aliphatic heterocycles. The molecule has 0 fully saturated rings. The van der Waals surface area contributed by atoms with Crippen LogP contribution in [0.3, 0.4) is 0 Å². The fourth-order valence-corrected chi connectivity index (χ4v) is 2.58. The Balaban J connectivity index is 1.82. The Morgan fingerprint density at radius 1 is 1.25 bits per heavy atom. The van der Waals surface area contributed by atoms with E-state index in [1.54, 1.807) is 6.92 Å². The molecular weight excluding hydrogens is 375 g/mol. The zero-order chi connectivity index (χ0) is 20.3. The zero-order valence-electron chi connectivity index (χ0n) is 14.7. The number of aliphatic hydroxyl groups is 1. The van der Waals surface area contributed by atoms with E-state index in [0.717, 1.165) is 0 Å². The van der Waals surface area contributed by atoms with Crippen LogP contribution in [0.15, 0.2) is 48.7 Å². The van der Waals surface area contributed by atoms with Crippen LogP contribution in [0.5, 0.6) is 5.75 Å². The summed E-state index contributed by atoms with van der Waals surface area (Å²) in [5.74, 6) is -1.13. The van der Waals surface area contributed by atoms with Gasteiger partial charge in [-0.1, -0.05) is 6.07 Å². The minimum atomic E-state index is -3.06. The summed E-state index contributed by atoms with van der Waals surface area (Å²) in [4.78, 5) is 12.6. The summed E-state index contributed by atoms with van der Waals surface area (Å²) in [5, 5.41) is 16.0. The molecule has 2 N–H and O–H groups in total. The van der Waals surface area contributed by atoms with E-state index in [1.807, 2.05) is 0 Å². The highest BCUT2D eigenvalue weighted by atomic mass is 19.3. The first kappa shape index (κ1) is 19.4. The molecule has 3 aromatic rings. The van der Waals surface area contributed by atoms with E-state index in [9.17, 15) is 23.1 Å². The van der Waals surface area contributed by atoms with Gasteiger partial charge >= 0.3 is 6.61 Å². The van der Waals surface area contributed by atoms with Crippen LogP contribution >= 0.6 is 0 Å². The van der Waals surface area contributed by atoms with Gasteiger partial charge in [-0.25, -0.2) is 9.07 Å². The summed E-state index contributed by atoms with van der Waals surface area (Å²) in [7, 11) is 0. The van der Waals surface area contributed by atoms with Gasteiger partial charge in [0.1, 0.15) is 11.6 Å². The Labute approximate surface area is 158 Å². The lowest BCUT2D eigenvalue weighted by Gasteiger charge is -2.11. The van der Waals surface area contributed by atoms with Crippen molar-refractivity contribution in [2.75, 3.05) is 5.32 Å². The minimum Gasteiger partial charge on any atom is -0.434 e. The molecule has 0 unspecified atom stereocenters. The molecule has 0 aliphatic carbocycles. The maximum Gasteiger partial charge on any atom is 0.387 e. The number of aryl methyl sites for hydroxylation is 1. The third kappa shape index (κ3) is 4.32. The number of aromatic nitrogens is 2. The molecule has 6 nitrogen and oxygen atoms in total. The number of carbonyl (C=O) groups excluding carboxylic acids is 1. The van der Waals surface area contributed by atoms with Crippen molar-refractivity contribution in [3.8, 4) is 11.4 Å².